The van der Waals surface area contributed by atoms with Crippen LogP contribution in [0.5, 0.6) is 0 Å². The fraction of sp³-hybridized carbons (Fsp3) is 0. The smallest absolute Gasteiger partial charge is 0.0973 e. The zero-order valence-corrected chi connectivity index (χ0v) is 32.7. The first kappa shape index (κ1) is 35.1. The van der Waals surface area contributed by atoms with Gasteiger partial charge in [-0.3, -0.25) is 0 Å². The summed E-state index contributed by atoms with van der Waals surface area (Å²) in [4.78, 5) is 13.1. The molecule has 4 heteroatoms. The lowest BCUT2D eigenvalue weighted by Gasteiger charge is -2.26. The van der Waals surface area contributed by atoms with Crippen LogP contribution in [0.15, 0.2) is 231 Å². The zero-order chi connectivity index (χ0) is 39.8. The summed E-state index contributed by atoms with van der Waals surface area (Å²) in [5, 5.41) is 2.42. The second-order valence-electron chi connectivity index (χ2n) is 15.0. The molecule has 0 aliphatic heterocycles. The molecule has 0 atom stereocenters. The van der Waals surface area contributed by atoms with Gasteiger partial charge < -0.3 is 9.47 Å². The van der Waals surface area contributed by atoms with E-state index in [0.717, 1.165) is 67.4 Å². The van der Waals surface area contributed by atoms with E-state index in [2.05, 4.69) is 228 Å². The highest BCUT2D eigenvalue weighted by Crippen LogP contribution is 2.41. The van der Waals surface area contributed by atoms with Crippen LogP contribution in [0.3, 0.4) is 0 Å². The number of para-hydroxylation sites is 4. The molecule has 0 unspecified atom stereocenters. The van der Waals surface area contributed by atoms with Crippen LogP contribution < -0.4 is 4.90 Å². The highest BCUT2D eigenvalue weighted by atomic mass is 15.1. The third kappa shape index (κ3) is 6.28. The largest absolute Gasteiger partial charge is 0.310 e. The molecular weight excluding hydrogens is 729 g/mol. The number of hydrogen-bond acceptors (Lipinski definition) is 3. The maximum atomic E-state index is 5.43. The van der Waals surface area contributed by atoms with Gasteiger partial charge in [0.2, 0.25) is 0 Å². The molecular formula is C56H38N4. The minimum Gasteiger partial charge on any atom is -0.310 e. The number of aromatic nitrogens is 3. The van der Waals surface area contributed by atoms with Crippen molar-refractivity contribution in [1.29, 1.82) is 0 Å². The second kappa shape index (κ2) is 15.0. The van der Waals surface area contributed by atoms with Crippen molar-refractivity contribution in [1.82, 2.24) is 14.5 Å². The molecule has 0 N–H and O–H groups in total. The molecule has 2 aromatic heterocycles. The molecule has 11 rings (SSSR count). The number of anilines is 3. The summed E-state index contributed by atoms with van der Waals surface area (Å²) in [6.45, 7) is 0. The zero-order valence-electron chi connectivity index (χ0n) is 32.7. The summed E-state index contributed by atoms with van der Waals surface area (Å²) >= 11 is 0. The average Bonchev–Trinajstić information content (AvgIpc) is 3.66. The van der Waals surface area contributed by atoms with Crippen molar-refractivity contribution < 1.29 is 0 Å². The summed E-state index contributed by atoms with van der Waals surface area (Å²) in [6.07, 6.45) is 0. The average molecular weight is 767 g/mol. The summed E-state index contributed by atoms with van der Waals surface area (Å²) in [7, 11) is 0. The van der Waals surface area contributed by atoms with Gasteiger partial charge in [-0.25, -0.2) is 9.97 Å². The van der Waals surface area contributed by atoms with Crippen LogP contribution in [0.1, 0.15) is 0 Å². The third-order valence-electron chi connectivity index (χ3n) is 11.4. The van der Waals surface area contributed by atoms with Crippen LogP contribution in [0.4, 0.5) is 17.1 Å². The van der Waals surface area contributed by atoms with Gasteiger partial charge in [0.15, 0.2) is 0 Å². The molecule has 0 aliphatic rings. The van der Waals surface area contributed by atoms with Gasteiger partial charge in [0, 0.05) is 50.2 Å². The van der Waals surface area contributed by atoms with E-state index < -0.39 is 0 Å². The highest BCUT2D eigenvalue weighted by Gasteiger charge is 2.20. The molecule has 0 aliphatic carbocycles. The first-order valence-electron chi connectivity index (χ1n) is 20.3. The number of nitrogens with zero attached hydrogens (tertiary/aromatic N) is 4. The molecule has 11 aromatic rings. The fourth-order valence-corrected chi connectivity index (χ4v) is 8.53. The van der Waals surface area contributed by atoms with Crippen LogP contribution in [0.2, 0.25) is 0 Å². The number of benzene rings is 9. The van der Waals surface area contributed by atoms with Crippen LogP contribution in [0, 0.1) is 0 Å². The molecule has 0 saturated carbocycles. The van der Waals surface area contributed by atoms with Gasteiger partial charge in [0.1, 0.15) is 0 Å². The van der Waals surface area contributed by atoms with Crippen molar-refractivity contribution in [3.8, 4) is 50.5 Å². The van der Waals surface area contributed by atoms with Gasteiger partial charge in [0.25, 0.3) is 0 Å². The van der Waals surface area contributed by atoms with Crippen molar-refractivity contribution in [3.63, 3.8) is 0 Å². The van der Waals surface area contributed by atoms with Crippen LogP contribution >= 0.6 is 0 Å². The van der Waals surface area contributed by atoms with E-state index in [1.807, 2.05) is 12.1 Å². The van der Waals surface area contributed by atoms with E-state index in [1.165, 1.54) is 32.9 Å². The number of fused-ring (bicyclic) bond motifs is 4. The van der Waals surface area contributed by atoms with E-state index in [-0.39, 0.29) is 0 Å². The van der Waals surface area contributed by atoms with Crippen molar-refractivity contribution in [2.75, 3.05) is 4.90 Å². The van der Waals surface area contributed by atoms with Crippen molar-refractivity contribution in [2.24, 2.45) is 0 Å². The first-order chi connectivity index (χ1) is 29.8. The minimum atomic E-state index is 0.846. The Kier molecular flexibility index (Phi) is 8.79. The Morgan fingerprint density at radius 1 is 0.333 bits per heavy atom. The van der Waals surface area contributed by atoms with Crippen LogP contribution in [-0.2, 0) is 0 Å². The topological polar surface area (TPSA) is 34.0 Å². The Labute approximate surface area is 348 Å². The molecule has 0 saturated heterocycles. The molecule has 0 amide bonds. The molecule has 0 bridgehead atoms. The molecule has 60 heavy (non-hydrogen) atoms. The first-order valence-corrected chi connectivity index (χ1v) is 20.3. The Morgan fingerprint density at radius 2 is 0.850 bits per heavy atom. The van der Waals surface area contributed by atoms with Gasteiger partial charge in [-0.15, -0.1) is 0 Å². The lowest BCUT2D eigenvalue weighted by atomic mass is 9.98. The predicted octanol–water partition coefficient (Wildman–Crippen LogP) is 14.9. The Hall–Kier alpha value is -8.08. The summed E-state index contributed by atoms with van der Waals surface area (Å²) < 4.78 is 2.36. The summed E-state index contributed by atoms with van der Waals surface area (Å²) in [5.74, 6) is 0. The predicted molar refractivity (Wildman–Crippen MR) is 250 cm³/mol. The Balaban J connectivity index is 1.02. The maximum Gasteiger partial charge on any atom is 0.0973 e. The lowest BCUT2D eigenvalue weighted by Crippen LogP contribution is -2.09. The van der Waals surface area contributed by atoms with E-state index in [1.54, 1.807) is 0 Å². The molecule has 282 valence electrons. The van der Waals surface area contributed by atoms with E-state index >= 15 is 0 Å². The molecule has 2 heterocycles. The second-order valence-corrected chi connectivity index (χ2v) is 15.0. The van der Waals surface area contributed by atoms with Gasteiger partial charge >= 0.3 is 0 Å². The lowest BCUT2D eigenvalue weighted by molar-refractivity contribution is 1.18. The maximum absolute atomic E-state index is 5.43. The molecule has 4 nitrogen and oxygen atoms in total. The van der Waals surface area contributed by atoms with Crippen molar-refractivity contribution >= 4 is 49.9 Å². The molecule has 9 aromatic carbocycles. The summed E-state index contributed by atoms with van der Waals surface area (Å²) in [6, 6.07) is 81.4. The van der Waals surface area contributed by atoms with Gasteiger partial charge in [-0.1, -0.05) is 164 Å². The van der Waals surface area contributed by atoms with Gasteiger partial charge in [-0.2, -0.15) is 0 Å². The standard InChI is InChI=1S/C56H38N4/c1-5-16-39(17-6-1)40-28-30-41(31-29-40)48-25-15-26-51-56(48)58-55(42-18-7-2-8-19-42)54(57-51)43-32-34-46(35-33-43)59(44-20-9-3-10-21-44)47-36-37-53-50(38-47)49-24-13-14-27-52(49)60(53)45-22-11-4-12-23-45/h1-38H. The summed E-state index contributed by atoms with van der Waals surface area (Å²) in [5.41, 5.74) is 16.7. The van der Waals surface area contributed by atoms with Gasteiger partial charge in [0.05, 0.1) is 33.5 Å². The highest BCUT2D eigenvalue weighted by molar-refractivity contribution is 6.10. The number of hydrogen-bond donors (Lipinski definition) is 0. The number of rotatable bonds is 8. The molecule has 0 radical (unpaired) electrons. The monoisotopic (exact) mass is 766 g/mol. The van der Waals surface area contributed by atoms with E-state index in [9.17, 15) is 0 Å². The van der Waals surface area contributed by atoms with Crippen molar-refractivity contribution in [3.05, 3.63) is 231 Å². The Bertz CT molecular complexity index is 3270. The van der Waals surface area contributed by atoms with Crippen LogP contribution in [-0.4, -0.2) is 14.5 Å². The quantitative estimate of drug-likeness (QED) is 0.154. The van der Waals surface area contributed by atoms with Crippen LogP contribution in [0.25, 0.3) is 83.3 Å². The molecule has 0 spiro atoms. The Morgan fingerprint density at radius 3 is 1.58 bits per heavy atom. The minimum absolute atomic E-state index is 0.846. The van der Waals surface area contributed by atoms with E-state index in [4.69, 9.17) is 9.97 Å². The fourth-order valence-electron chi connectivity index (χ4n) is 8.53. The SMILES string of the molecule is c1ccc(-c2ccc(-c3cccc4nc(-c5ccc(N(c6ccccc6)c6ccc7c(c6)c6ccccc6n7-c6ccccc6)cc5)c(-c5ccccc5)nc34)cc2)cc1. The van der Waals surface area contributed by atoms with Crippen molar-refractivity contribution in [2.45, 2.75) is 0 Å². The normalized spacial score (nSPS) is 11.3. The third-order valence-corrected chi connectivity index (χ3v) is 11.4. The van der Waals surface area contributed by atoms with E-state index in [0.29, 0.717) is 0 Å². The molecule has 0 fully saturated rings. The van der Waals surface area contributed by atoms with Gasteiger partial charge in [-0.05, 0) is 83.4 Å².